The predicted molar refractivity (Wildman–Crippen MR) is 95.4 cm³/mol. The Bertz CT molecular complexity index is 695. The third-order valence-corrected chi connectivity index (χ3v) is 4.17. The maximum Gasteiger partial charge on any atom is 0.279 e. The molecule has 2 N–H and O–H groups in total. The molecule has 0 aliphatic carbocycles. The first-order valence-electron chi connectivity index (χ1n) is 7.67. The van der Waals surface area contributed by atoms with E-state index in [0.717, 1.165) is 5.56 Å². The Morgan fingerprint density at radius 3 is 2.44 bits per heavy atom. The van der Waals surface area contributed by atoms with Crippen LogP contribution in [0.3, 0.4) is 0 Å². The van der Waals surface area contributed by atoms with Crippen LogP contribution < -0.4 is 15.6 Å². The summed E-state index contributed by atoms with van der Waals surface area (Å²) >= 11 is 1.45. The first-order chi connectivity index (χ1) is 12.0. The Morgan fingerprint density at radius 2 is 1.76 bits per heavy atom. The van der Waals surface area contributed by atoms with Gasteiger partial charge in [-0.05, 0) is 36.8 Å². The molecule has 0 bridgehead atoms. The zero-order valence-electron chi connectivity index (χ0n) is 13.7. The molecule has 25 heavy (non-hydrogen) atoms. The summed E-state index contributed by atoms with van der Waals surface area (Å²) in [6.45, 7) is 1.54. The smallest absolute Gasteiger partial charge is 0.279 e. The largest absolute Gasteiger partial charge is 0.481 e. The summed E-state index contributed by atoms with van der Waals surface area (Å²) in [4.78, 5) is 23.6. The highest BCUT2D eigenvalue weighted by Gasteiger charge is 2.15. The topological polar surface area (TPSA) is 67.4 Å². The van der Waals surface area contributed by atoms with Crippen molar-refractivity contribution in [2.75, 3.05) is 5.75 Å². The van der Waals surface area contributed by atoms with Crippen LogP contribution >= 0.6 is 11.8 Å². The van der Waals surface area contributed by atoms with E-state index in [0.29, 0.717) is 11.5 Å². The van der Waals surface area contributed by atoms with Gasteiger partial charge in [0.15, 0.2) is 6.10 Å². The number of hydrogen-bond acceptors (Lipinski definition) is 4. The molecule has 132 valence electrons. The minimum absolute atomic E-state index is 0.225. The van der Waals surface area contributed by atoms with Crippen LogP contribution in [0.2, 0.25) is 0 Å². The number of rotatable bonds is 7. The van der Waals surface area contributed by atoms with Gasteiger partial charge in [0.05, 0.1) is 5.75 Å². The Labute approximate surface area is 149 Å². The van der Waals surface area contributed by atoms with Gasteiger partial charge in [0, 0.05) is 5.75 Å². The molecule has 0 fully saturated rings. The second-order valence-electron chi connectivity index (χ2n) is 5.23. The molecule has 0 aromatic heterocycles. The van der Waals surface area contributed by atoms with Gasteiger partial charge in [-0.3, -0.25) is 20.4 Å². The van der Waals surface area contributed by atoms with Crippen molar-refractivity contribution < 1.29 is 18.7 Å². The number of carbonyl (C=O) groups excluding carboxylic acids is 2. The molecule has 0 saturated heterocycles. The molecule has 0 aliphatic rings. The Morgan fingerprint density at radius 1 is 1.08 bits per heavy atom. The summed E-state index contributed by atoms with van der Waals surface area (Å²) in [6, 6.07) is 15.1. The highest BCUT2D eigenvalue weighted by atomic mass is 32.2. The van der Waals surface area contributed by atoms with Crippen molar-refractivity contribution in [3.63, 3.8) is 0 Å². The third-order valence-electron chi connectivity index (χ3n) is 3.17. The normalized spacial score (nSPS) is 11.4. The molecule has 0 heterocycles. The first kappa shape index (κ1) is 18.8. The predicted octanol–water partition coefficient (Wildman–Crippen LogP) is 2.67. The van der Waals surface area contributed by atoms with Crippen LogP contribution in [0.5, 0.6) is 5.75 Å². The number of hydrogen-bond donors (Lipinski definition) is 2. The lowest BCUT2D eigenvalue weighted by Crippen LogP contribution is -2.47. The number of thioether (sulfide) groups is 1. The van der Waals surface area contributed by atoms with Crippen molar-refractivity contribution in [1.29, 1.82) is 0 Å². The standard InChI is InChI=1S/C18H19FN2O3S/c1-13(24-16-9-7-15(19)8-10-16)18(23)21-20-17(22)12-25-11-14-5-3-2-4-6-14/h2-10,13H,11-12H2,1H3,(H,20,22)(H,21,23)/t13-/m0/s1. The number of benzene rings is 2. The van der Waals surface area contributed by atoms with E-state index < -0.39 is 12.0 Å². The molecular weight excluding hydrogens is 343 g/mol. The number of amides is 2. The van der Waals surface area contributed by atoms with Crippen LogP contribution in [-0.4, -0.2) is 23.7 Å². The SMILES string of the molecule is C[C@H](Oc1ccc(F)cc1)C(=O)NNC(=O)CSCc1ccccc1. The second kappa shape index (κ2) is 9.68. The van der Waals surface area contributed by atoms with E-state index >= 15 is 0 Å². The number of halogens is 1. The van der Waals surface area contributed by atoms with E-state index in [1.54, 1.807) is 0 Å². The summed E-state index contributed by atoms with van der Waals surface area (Å²) in [6.07, 6.45) is -0.831. The van der Waals surface area contributed by atoms with Crippen LogP contribution in [-0.2, 0) is 15.3 Å². The molecule has 0 saturated carbocycles. The van der Waals surface area contributed by atoms with Crippen molar-refractivity contribution in [2.45, 2.75) is 18.8 Å². The van der Waals surface area contributed by atoms with E-state index in [1.165, 1.54) is 43.0 Å². The fraction of sp³-hybridized carbons (Fsp3) is 0.222. The van der Waals surface area contributed by atoms with Gasteiger partial charge in [-0.25, -0.2) is 4.39 Å². The summed E-state index contributed by atoms with van der Waals surface area (Å²) in [7, 11) is 0. The molecule has 0 spiro atoms. The number of hydrazine groups is 1. The monoisotopic (exact) mass is 362 g/mol. The Kier molecular flexibility index (Phi) is 7.28. The molecule has 2 rings (SSSR count). The number of ether oxygens (including phenoxy) is 1. The minimum Gasteiger partial charge on any atom is -0.481 e. The summed E-state index contributed by atoms with van der Waals surface area (Å²) in [5.41, 5.74) is 5.79. The van der Waals surface area contributed by atoms with E-state index in [1.807, 2.05) is 30.3 Å². The number of carbonyl (C=O) groups is 2. The maximum atomic E-state index is 12.8. The van der Waals surface area contributed by atoms with Gasteiger partial charge < -0.3 is 4.74 Å². The molecule has 0 unspecified atom stereocenters. The fourth-order valence-corrected chi connectivity index (χ4v) is 2.66. The van der Waals surface area contributed by atoms with Gasteiger partial charge in [-0.15, -0.1) is 11.8 Å². The van der Waals surface area contributed by atoms with Crippen molar-refractivity contribution >= 4 is 23.6 Å². The average molecular weight is 362 g/mol. The molecule has 1 atom stereocenters. The van der Waals surface area contributed by atoms with E-state index in [-0.39, 0.29) is 17.5 Å². The van der Waals surface area contributed by atoms with Crippen LogP contribution in [0.15, 0.2) is 54.6 Å². The Hall–Kier alpha value is -2.54. The zero-order chi connectivity index (χ0) is 18.1. The van der Waals surface area contributed by atoms with Crippen molar-refractivity contribution in [1.82, 2.24) is 10.9 Å². The fourth-order valence-electron chi connectivity index (χ4n) is 1.88. The van der Waals surface area contributed by atoms with Crippen LogP contribution in [0.25, 0.3) is 0 Å². The summed E-state index contributed by atoms with van der Waals surface area (Å²) in [5.74, 6) is 0.127. The minimum atomic E-state index is -0.831. The molecule has 0 aliphatic heterocycles. The van der Waals surface area contributed by atoms with Crippen molar-refractivity contribution in [3.8, 4) is 5.75 Å². The van der Waals surface area contributed by atoms with Crippen molar-refractivity contribution in [2.24, 2.45) is 0 Å². The van der Waals surface area contributed by atoms with Crippen LogP contribution in [0.1, 0.15) is 12.5 Å². The molecule has 2 amide bonds. The maximum absolute atomic E-state index is 12.8. The average Bonchev–Trinajstić information content (AvgIpc) is 2.62. The molecule has 2 aromatic rings. The van der Waals surface area contributed by atoms with Gasteiger partial charge >= 0.3 is 0 Å². The van der Waals surface area contributed by atoms with E-state index in [9.17, 15) is 14.0 Å². The highest BCUT2D eigenvalue weighted by molar-refractivity contribution is 7.99. The van der Waals surface area contributed by atoms with Gasteiger partial charge in [0.2, 0.25) is 5.91 Å². The van der Waals surface area contributed by atoms with Gasteiger partial charge in [-0.2, -0.15) is 0 Å². The lowest BCUT2D eigenvalue weighted by atomic mass is 10.2. The summed E-state index contributed by atoms with van der Waals surface area (Å²) in [5, 5.41) is 0. The zero-order valence-corrected chi connectivity index (χ0v) is 14.5. The molecule has 7 heteroatoms. The van der Waals surface area contributed by atoms with Gasteiger partial charge in [-0.1, -0.05) is 30.3 Å². The summed E-state index contributed by atoms with van der Waals surface area (Å²) < 4.78 is 18.2. The molecule has 0 radical (unpaired) electrons. The molecule has 2 aromatic carbocycles. The lowest BCUT2D eigenvalue weighted by molar-refractivity contribution is -0.131. The van der Waals surface area contributed by atoms with E-state index in [2.05, 4.69) is 10.9 Å². The third kappa shape index (κ3) is 6.84. The van der Waals surface area contributed by atoms with Gasteiger partial charge in [0.1, 0.15) is 11.6 Å². The van der Waals surface area contributed by atoms with E-state index in [4.69, 9.17) is 4.74 Å². The second-order valence-corrected chi connectivity index (χ2v) is 6.22. The van der Waals surface area contributed by atoms with Gasteiger partial charge in [0.25, 0.3) is 5.91 Å². The van der Waals surface area contributed by atoms with Crippen molar-refractivity contribution in [3.05, 3.63) is 66.0 Å². The Balaban J connectivity index is 1.66. The quantitative estimate of drug-likeness (QED) is 0.743. The first-order valence-corrected chi connectivity index (χ1v) is 8.82. The molecule has 5 nitrogen and oxygen atoms in total. The lowest BCUT2D eigenvalue weighted by Gasteiger charge is -2.15. The van der Waals surface area contributed by atoms with Crippen LogP contribution in [0, 0.1) is 5.82 Å². The molecular formula is C18H19FN2O3S. The van der Waals surface area contributed by atoms with Crippen LogP contribution in [0.4, 0.5) is 4.39 Å². The number of nitrogens with one attached hydrogen (secondary N) is 2. The highest BCUT2D eigenvalue weighted by Crippen LogP contribution is 2.13.